The average molecular weight is 264 g/mol. The van der Waals surface area contributed by atoms with Crippen molar-refractivity contribution in [2.75, 3.05) is 13.1 Å². The summed E-state index contributed by atoms with van der Waals surface area (Å²) in [6, 6.07) is 2.64. The Morgan fingerprint density at radius 3 is 1.68 bits per heavy atom. The molecule has 1 aliphatic heterocycles. The summed E-state index contributed by atoms with van der Waals surface area (Å²) in [5, 5.41) is 3.64. The molecule has 1 saturated heterocycles. The topological polar surface area (TPSA) is 15.3 Å². The molecule has 2 aliphatic carbocycles. The largest absolute Gasteiger partial charge is 0.315 e. The highest BCUT2D eigenvalue weighted by Crippen LogP contribution is 2.34. The highest BCUT2D eigenvalue weighted by Gasteiger charge is 2.38. The first kappa shape index (κ1) is 13.9. The Bertz CT molecular complexity index is 248. The Morgan fingerprint density at radius 2 is 1.26 bits per heavy atom. The number of nitrogens with one attached hydrogen (secondary N) is 1. The molecule has 1 heterocycles. The zero-order chi connectivity index (χ0) is 13.1. The molecule has 2 atom stereocenters. The molecular weight excluding hydrogens is 232 g/mol. The molecule has 3 rings (SSSR count). The lowest BCUT2D eigenvalue weighted by Crippen LogP contribution is -2.53. The van der Waals surface area contributed by atoms with Gasteiger partial charge in [-0.05, 0) is 38.1 Å². The van der Waals surface area contributed by atoms with Gasteiger partial charge < -0.3 is 5.32 Å². The molecule has 0 aromatic carbocycles. The van der Waals surface area contributed by atoms with Gasteiger partial charge in [-0.3, -0.25) is 4.90 Å². The number of nitrogens with zero attached hydrogens (tertiary/aromatic N) is 1. The molecule has 3 fully saturated rings. The Labute approximate surface area is 119 Å². The lowest BCUT2D eigenvalue weighted by molar-refractivity contribution is 0.0306. The van der Waals surface area contributed by atoms with Gasteiger partial charge in [0.05, 0.1) is 0 Å². The number of hydrogen-bond acceptors (Lipinski definition) is 2. The van der Waals surface area contributed by atoms with Crippen molar-refractivity contribution in [2.45, 2.75) is 89.3 Å². The van der Waals surface area contributed by atoms with Crippen LogP contribution in [0.15, 0.2) is 0 Å². The van der Waals surface area contributed by atoms with E-state index in [4.69, 9.17) is 0 Å². The van der Waals surface area contributed by atoms with Crippen molar-refractivity contribution in [3.05, 3.63) is 0 Å². The molecule has 0 aromatic rings. The summed E-state index contributed by atoms with van der Waals surface area (Å²) in [5.41, 5.74) is 0. The molecule has 0 amide bonds. The Morgan fingerprint density at radius 1 is 0.737 bits per heavy atom. The van der Waals surface area contributed by atoms with Crippen molar-refractivity contribution < 1.29 is 0 Å². The first-order valence-corrected chi connectivity index (χ1v) is 8.84. The van der Waals surface area contributed by atoms with Gasteiger partial charge >= 0.3 is 0 Å². The summed E-state index contributed by atoms with van der Waals surface area (Å²) < 4.78 is 0. The van der Waals surface area contributed by atoms with Crippen LogP contribution in [0.3, 0.4) is 0 Å². The summed E-state index contributed by atoms with van der Waals surface area (Å²) in [5.74, 6) is 0.851. The highest BCUT2D eigenvalue weighted by molar-refractivity contribution is 4.94. The standard InChI is InChI=1S/C17H32N2/c1-14-12-18-13-17(14)19(15-8-4-2-5-9-15)16-10-6-3-7-11-16/h14-18H,2-13H2,1H3. The van der Waals surface area contributed by atoms with E-state index in [9.17, 15) is 0 Å². The molecule has 0 aromatic heterocycles. The molecule has 0 radical (unpaired) electrons. The average Bonchev–Trinajstić information content (AvgIpc) is 2.88. The van der Waals surface area contributed by atoms with Gasteiger partial charge in [0.1, 0.15) is 0 Å². The Balaban J connectivity index is 1.73. The maximum Gasteiger partial charge on any atom is 0.0264 e. The van der Waals surface area contributed by atoms with Gasteiger partial charge in [-0.15, -0.1) is 0 Å². The monoisotopic (exact) mass is 264 g/mol. The van der Waals surface area contributed by atoms with Crippen LogP contribution in [0, 0.1) is 5.92 Å². The van der Waals surface area contributed by atoms with Crippen LogP contribution >= 0.6 is 0 Å². The van der Waals surface area contributed by atoms with E-state index in [1.54, 1.807) is 0 Å². The first-order chi connectivity index (χ1) is 9.36. The third-order valence-corrected chi connectivity index (χ3v) is 5.85. The fourth-order valence-corrected chi connectivity index (χ4v) is 4.79. The Hall–Kier alpha value is -0.0800. The number of hydrogen-bond donors (Lipinski definition) is 1. The van der Waals surface area contributed by atoms with Crippen molar-refractivity contribution in [3.63, 3.8) is 0 Å². The van der Waals surface area contributed by atoms with Crippen LogP contribution in [0.1, 0.15) is 71.1 Å². The van der Waals surface area contributed by atoms with Gasteiger partial charge in [-0.25, -0.2) is 0 Å². The van der Waals surface area contributed by atoms with Crippen LogP contribution in [-0.2, 0) is 0 Å². The lowest BCUT2D eigenvalue weighted by atomic mass is 9.86. The van der Waals surface area contributed by atoms with E-state index < -0.39 is 0 Å². The quantitative estimate of drug-likeness (QED) is 0.838. The predicted octanol–water partition coefficient (Wildman–Crippen LogP) is 3.56. The maximum atomic E-state index is 3.64. The van der Waals surface area contributed by atoms with Crippen LogP contribution in [0.4, 0.5) is 0 Å². The maximum absolute atomic E-state index is 3.64. The van der Waals surface area contributed by atoms with Gasteiger partial charge in [0.15, 0.2) is 0 Å². The molecule has 3 aliphatic rings. The van der Waals surface area contributed by atoms with E-state index in [0.29, 0.717) is 0 Å². The summed E-state index contributed by atoms with van der Waals surface area (Å²) in [7, 11) is 0. The van der Waals surface area contributed by atoms with Crippen LogP contribution in [0.2, 0.25) is 0 Å². The molecular formula is C17H32N2. The molecule has 2 unspecified atom stereocenters. The molecule has 2 heteroatoms. The number of rotatable bonds is 3. The lowest BCUT2D eigenvalue weighted by Gasteiger charge is -2.46. The van der Waals surface area contributed by atoms with Crippen molar-refractivity contribution in [3.8, 4) is 0 Å². The summed E-state index contributed by atoms with van der Waals surface area (Å²) in [6.45, 7) is 4.94. The van der Waals surface area contributed by atoms with E-state index in [2.05, 4.69) is 17.1 Å². The van der Waals surface area contributed by atoms with Crippen molar-refractivity contribution in [2.24, 2.45) is 5.92 Å². The molecule has 2 nitrogen and oxygen atoms in total. The van der Waals surface area contributed by atoms with Crippen LogP contribution in [-0.4, -0.2) is 36.1 Å². The minimum absolute atomic E-state index is 0.825. The van der Waals surface area contributed by atoms with Gasteiger partial charge in [-0.1, -0.05) is 45.4 Å². The van der Waals surface area contributed by atoms with Gasteiger partial charge in [0.2, 0.25) is 0 Å². The van der Waals surface area contributed by atoms with E-state index >= 15 is 0 Å². The van der Waals surface area contributed by atoms with Crippen LogP contribution in [0.5, 0.6) is 0 Å². The second-order valence-electron chi connectivity index (χ2n) is 7.23. The zero-order valence-electron chi connectivity index (χ0n) is 12.7. The van der Waals surface area contributed by atoms with Crippen LogP contribution in [0.25, 0.3) is 0 Å². The molecule has 2 saturated carbocycles. The smallest absolute Gasteiger partial charge is 0.0264 e. The van der Waals surface area contributed by atoms with Crippen molar-refractivity contribution in [1.82, 2.24) is 10.2 Å². The summed E-state index contributed by atoms with van der Waals surface area (Å²) in [4.78, 5) is 3.02. The normalized spacial score (nSPS) is 35.1. The minimum atomic E-state index is 0.825. The molecule has 0 bridgehead atoms. The van der Waals surface area contributed by atoms with Gasteiger partial charge in [-0.2, -0.15) is 0 Å². The molecule has 19 heavy (non-hydrogen) atoms. The SMILES string of the molecule is CC1CNCC1N(C1CCCCC1)C1CCCCC1. The molecule has 0 spiro atoms. The summed E-state index contributed by atoms with van der Waals surface area (Å²) in [6.07, 6.45) is 14.7. The van der Waals surface area contributed by atoms with Crippen molar-refractivity contribution >= 4 is 0 Å². The fourth-order valence-electron chi connectivity index (χ4n) is 4.79. The van der Waals surface area contributed by atoms with Gasteiger partial charge in [0, 0.05) is 24.7 Å². The first-order valence-electron chi connectivity index (χ1n) is 8.84. The van der Waals surface area contributed by atoms with Gasteiger partial charge in [0.25, 0.3) is 0 Å². The van der Waals surface area contributed by atoms with Crippen molar-refractivity contribution in [1.29, 1.82) is 0 Å². The van der Waals surface area contributed by atoms with E-state index in [1.165, 1.54) is 77.3 Å². The second-order valence-corrected chi connectivity index (χ2v) is 7.23. The van der Waals surface area contributed by atoms with Crippen LogP contribution < -0.4 is 5.32 Å². The third kappa shape index (κ3) is 3.16. The van der Waals surface area contributed by atoms with E-state index in [1.807, 2.05) is 0 Å². The molecule has 1 N–H and O–H groups in total. The summed E-state index contributed by atoms with van der Waals surface area (Å²) >= 11 is 0. The zero-order valence-corrected chi connectivity index (χ0v) is 12.7. The fraction of sp³-hybridized carbons (Fsp3) is 1.00. The van der Waals surface area contributed by atoms with E-state index in [0.717, 1.165) is 24.0 Å². The molecule has 110 valence electrons. The minimum Gasteiger partial charge on any atom is -0.315 e. The highest BCUT2D eigenvalue weighted by atomic mass is 15.3. The third-order valence-electron chi connectivity index (χ3n) is 5.85. The Kier molecular flexibility index (Phi) is 4.81. The van der Waals surface area contributed by atoms with E-state index in [-0.39, 0.29) is 0 Å². The predicted molar refractivity (Wildman–Crippen MR) is 81.4 cm³/mol. The second kappa shape index (κ2) is 6.58.